The summed E-state index contributed by atoms with van der Waals surface area (Å²) in [5.74, 6) is -0.168. The average molecular weight is 409 g/mol. The first kappa shape index (κ1) is 21.8. The van der Waals surface area contributed by atoms with Crippen molar-refractivity contribution in [1.82, 2.24) is 4.90 Å². The minimum Gasteiger partial charge on any atom is -0.465 e. The minimum absolute atomic E-state index is 0.200. The van der Waals surface area contributed by atoms with E-state index in [4.69, 9.17) is 14.2 Å². The van der Waals surface area contributed by atoms with Gasteiger partial charge < -0.3 is 14.2 Å². The van der Waals surface area contributed by atoms with Crippen LogP contribution in [-0.4, -0.2) is 61.9 Å². The molecule has 0 aromatic carbocycles. The zero-order chi connectivity index (χ0) is 21.1. The molecule has 0 bridgehead atoms. The molecule has 1 aliphatic heterocycles. The molecule has 30 heavy (non-hydrogen) atoms. The van der Waals surface area contributed by atoms with Crippen molar-refractivity contribution in [2.75, 3.05) is 39.5 Å². The Balaban J connectivity index is 1.79. The van der Waals surface area contributed by atoms with E-state index in [0.29, 0.717) is 26.3 Å². The molecule has 4 rings (SSSR count). The van der Waals surface area contributed by atoms with Crippen molar-refractivity contribution in [3.05, 3.63) is 74.3 Å². The summed E-state index contributed by atoms with van der Waals surface area (Å²) in [5.41, 5.74) is 1.09. The summed E-state index contributed by atoms with van der Waals surface area (Å²) in [4.78, 5) is 28.6. The predicted octanol–water partition coefficient (Wildman–Crippen LogP) is 1.92. The van der Waals surface area contributed by atoms with Crippen LogP contribution in [0, 0.1) is 69.1 Å². The van der Waals surface area contributed by atoms with E-state index in [1.165, 1.54) is 0 Å². The molecule has 2 saturated carbocycles. The Bertz CT molecular complexity index is 625. The van der Waals surface area contributed by atoms with Gasteiger partial charge >= 0.3 is 11.9 Å². The first-order valence-electron chi connectivity index (χ1n) is 10.5. The summed E-state index contributed by atoms with van der Waals surface area (Å²) >= 11 is 0. The van der Waals surface area contributed by atoms with Crippen molar-refractivity contribution in [2.45, 2.75) is 19.4 Å². The lowest BCUT2D eigenvalue weighted by Crippen LogP contribution is -2.57. The van der Waals surface area contributed by atoms with E-state index >= 15 is 0 Å². The lowest BCUT2D eigenvalue weighted by Gasteiger charge is -2.41. The first-order valence-corrected chi connectivity index (χ1v) is 10.5. The minimum atomic E-state index is -1.09. The molecule has 6 nitrogen and oxygen atoms in total. The Morgan fingerprint density at radius 2 is 1.33 bits per heavy atom. The molecule has 1 heterocycles. The highest BCUT2D eigenvalue weighted by atomic mass is 16.6. The van der Waals surface area contributed by atoms with Gasteiger partial charge in [0.2, 0.25) is 0 Å². The zero-order valence-electron chi connectivity index (χ0n) is 17.4. The van der Waals surface area contributed by atoms with E-state index < -0.39 is 23.4 Å². The Kier molecular flexibility index (Phi) is 6.83. The second kappa shape index (κ2) is 9.39. The molecule has 0 aromatic heterocycles. The summed E-state index contributed by atoms with van der Waals surface area (Å²) in [6, 6.07) is 0. The molecule has 6 heteroatoms. The summed E-state index contributed by atoms with van der Waals surface area (Å²) in [6.07, 6.45) is 16.0. The fraction of sp³-hybridized carbons (Fsp3) is 0.417. The van der Waals surface area contributed by atoms with Crippen LogP contribution in [-0.2, 0) is 23.8 Å². The first-order chi connectivity index (χ1) is 14.7. The summed E-state index contributed by atoms with van der Waals surface area (Å²) < 4.78 is 16.4. The molecule has 0 amide bonds. The van der Waals surface area contributed by atoms with Crippen LogP contribution < -0.4 is 0 Å². The second-order valence-electron chi connectivity index (χ2n) is 7.40. The molecular formula is C24H27NO5. The number of carbonyl (C=O) groups excluding carboxylic acids is 2. The second-order valence-corrected chi connectivity index (χ2v) is 7.40. The largest absolute Gasteiger partial charge is 0.465 e. The van der Waals surface area contributed by atoms with Gasteiger partial charge in [0.25, 0.3) is 0 Å². The highest BCUT2D eigenvalue weighted by Crippen LogP contribution is 2.65. The monoisotopic (exact) mass is 409 g/mol. The van der Waals surface area contributed by atoms with Crippen molar-refractivity contribution in [1.29, 1.82) is 0 Å². The van der Waals surface area contributed by atoms with Gasteiger partial charge in [0.15, 0.2) is 5.92 Å². The summed E-state index contributed by atoms with van der Waals surface area (Å²) in [6.45, 7) is 6.21. The van der Waals surface area contributed by atoms with Crippen LogP contribution in [0.4, 0.5) is 0 Å². The molecule has 10 radical (unpaired) electrons. The van der Waals surface area contributed by atoms with Crippen molar-refractivity contribution in [3.8, 4) is 0 Å². The molecule has 1 saturated heterocycles. The van der Waals surface area contributed by atoms with Crippen LogP contribution in [0.5, 0.6) is 0 Å². The van der Waals surface area contributed by atoms with Crippen molar-refractivity contribution >= 4 is 11.9 Å². The fourth-order valence-corrected chi connectivity index (χ4v) is 4.69. The van der Waals surface area contributed by atoms with Crippen molar-refractivity contribution in [2.24, 2.45) is 5.92 Å². The van der Waals surface area contributed by atoms with Gasteiger partial charge in [-0.25, -0.2) is 0 Å². The Morgan fingerprint density at radius 3 is 1.73 bits per heavy atom. The van der Waals surface area contributed by atoms with Gasteiger partial charge in [-0.2, -0.15) is 0 Å². The summed E-state index contributed by atoms with van der Waals surface area (Å²) in [5, 5.41) is 0. The maximum absolute atomic E-state index is 13.2. The predicted molar refractivity (Wildman–Crippen MR) is 110 cm³/mol. The molecule has 0 N–H and O–H groups in total. The van der Waals surface area contributed by atoms with Gasteiger partial charge in [-0.3, -0.25) is 14.5 Å². The number of hydrogen-bond donors (Lipinski definition) is 0. The summed E-state index contributed by atoms with van der Waals surface area (Å²) in [7, 11) is 0. The van der Waals surface area contributed by atoms with Crippen molar-refractivity contribution < 1.29 is 23.8 Å². The molecule has 158 valence electrons. The van der Waals surface area contributed by atoms with Crippen LogP contribution in [0.1, 0.15) is 13.8 Å². The van der Waals surface area contributed by atoms with E-state index in [0.717, 1.165) is 23.0 Å². The number of rotatable bonds is 8. The average Bonchev–Trinajstić information content (AvgIpc) is 3.18. The Labute approximate surface area is 180 Å². The van der Waals surface area contributed by atoms with Gasteiger partial charge in [0, 0.05) is 24.9 Å². The normalized spacial score (nSPS) is 25.2. The van der Waals surface area contributed by atoms with E-state index in [1.807, 2.05) is 51.4 Å². The molecule has 0 aromatic rings. The number of esters is 2. The third-order valence-electron chi connectivity index (χ3n) is 5.82. The lowest BCUT2D eigenvalue weighted by molar-refractivity contribution is -0.167. The molecule has 0 unspecified atom stereocenters. The Morgan fingerprint density at radius 1 is 0.900 bits per heavy atom. The van der Waals surface area contributed by atoms with Crippen LogP contribution in [0.3, 0.4) is 0 Å². The standard InChI is InChI=1S/C24H27NO5/c1-3-29-22(26)21(23(27)30-4-2)24(25-13-15-28-16-14-25)19(17-9-5-6-10-17)20(24)18-11-7-8-12-18/h5-12,21H,3-4,13-16H2,1-2H3. The van der Waals surface area contributed by atoms with Gasteiger partial charge in [-0.15, -0.1) is 0 Å². The smallest absolute Gasteiger partial charge is 0.322 e. The molecular weight excluding hydrogens is 382 g/mol. The molecule has 0 spiro atoms. The zero-order valence-corrected chi connectivity index (χ0v) is 17.4. The molecule has 3 aliphatic carbocycles. The van der Waals surface area contributed by atoms with E-state index in [1.54, 1.807) is 13.8 Å². The van der Waals surface area contributed by atoms with Crippen LogP contribution in [0.25, 0.3) is 0 Å². The van der Waals surface area contributed by atoms with Crippen molar-refractivity contribution in [3.63, 3.8) is 0 Å². The number of hydrogen-bond acceptors (Lipinski definition) is 6. The highest BCUT2D eigenvalue weighted by molar-refractivity contribution is 6.02. The van der Waals surface area contributed by atoms with Gasteiger partial charge in [0.05, 0.1) is 32.0 Å². The number of carbonyl (C=O) groups is 2. The number of ether oxygens (including phenoxy) is 3. The highest BCUT2D eigenvalue weighted by Gasteiger charge is 2.70. The van der Waals surface area contributed by atoms with Gasteiger partial charge in [-0.05, 0) is 76.4 Å². The number of nitrogens with zero attached hydrogens (tertiary/aromatic N) is 1. The molecule has 3 fully saturated rings. The topological polar surface area (TPSA) is 65.1 Å². The van der Waals surface area contributed by atoms with Crippen LogP contribution >= 0.6 is 0 Å². The van der Waals surface area contributed by atoms with Crippen LogP contribution in [0.2, 0.25) is 0 Å². The molecule has 4 aliphatic rings. The van der Waals surface area contributed by atoms with E-state index in [2.05, 4.69) is 4.90 Å². The third kappa shape index (κ3) is 3.70. The maximum atomic E-state index is 13.2. The fourth-order valence-electron chi connectivity index (χ4n) is 4.69. The SMILES string of the molecule is CCOC(=O)C(C(=O)OCC)C1(N2CCOCC2)C([C]2[CH][CH][CH][CH]2)=C1[C]1[CH][CH][CH][CH]1. The van der Waals surface area contributed by atoms with Gasteiger partial charge in [-0.1, -0.05) is 0 Å². The van der Waals surface area contributed by atoms with Crippen LogP contribution in [0.15, 0.2) is 11.1 Å². The number of morpholine rings is 1. The van der Waals surface area contributed by atoms with E-state index in [-0.39, 0.29) is 13.2 Å². The third-order valence-corrected chi connectivity index (χ3v) is 5.82. The lowest BCUT2D eigenvalue weighted by atomic mass is 9.82. The Hall–Kier alpha value is -1.40. The quantitative estimate of drug-likeness (QED) is 0.451. The maximum Gasteiger partial charge on any atom is 0.322 e. The molecule has 0 atom stereocenters. The van der Waals surface area contributed by atoms with E-state index in [9.17, 15) is 9.59 Å². The van der Waals surface area contributed by atoms with Gasteiger partial charge in [0.1, 0.15) is 0 Å².